The predicted molar refractivity (Wildman–Crippen MR) is 108 cm³/mol. The van der Waals surface area contributed by atoms with Gasteiger partial charge in [0.2, 0.25) is 11.7 Å². The van der Waals surface area contributed by atoms with Gasteiger partial charge in [-0.05, 0) is 48.0 Å². The molecule has 0 atom stereocenters. The number of carbonyl (C=O) groups excluding carboxylic acids is 2. The molecule has 0 saturated carbocycles. The third kappa shape index (κ3) is 5.34. The highest BCUT2D eigenvalue weighted by Gasteiger charge is 2.12. The first-order valence-electron chi connectivity index (χ1n) is 8.00. The molecule has 0 aliphatic heterocycles. The van der Waals surface area contributed by atoms with Crippen molar-refractivity contribution in [2.24, 2.45) is 0 Å². The highest BCUT2D eigenvalue weighted by Crippen LogP contribution is 2.38. The van der Waals surface area contributed by atoms with E-state index in [1.165, 1.54) is 27.4 Å². The Morgan fingerprint density at radius 2 is 1.59 bits per heavy atom. The fraction of sp³-hybridized carbons (Fsp3) is 0.200. The number of rotatable bonds is 8. The number of ether oxygens (including phenoxy) is 3. The van der Waals surface area contributed by atoms with Gasteiger partial charge in [-0.25, -0.2) is 0 Å². The van der Waals surface area contributed by atoms with Crippen LogP contribution in [0.5, 0.6) is 17.2 Å². The normalized spacial score (nSPS) is 10.5. The Kier molecular flexibility index (Phi) is 7.43. The monoisotopic (exact) mass is 433 g/mol. The number of halogens is 1. The Morgan fingerprint density at radius 1 is 1.00 bits per heavy atom. The van der Waals surface area contributed by atoms with E-state index in [0.717, 1.165) is 5.56 Å². The predicted octanol–water partition coefficient (Wildman–Crippen LogP) is 3.94. The number of carbonyl (C=O) groups is 2. The summed E-state index contributed by atoms with van der Waals surface area (Å²) in [5.41, 5.74) is 1.87. The molecule has 1 N–H and O–H groups in total. The molecular formula is C20H20BrNO5. The molecule has 0 fully saturated rings. The minimum atomic E-state index is -0.165. The number of anilines is 1. The summed E-state index contributed by atoms with van der Waals surface area (Å²) < 4.78 is 15.9. The molecule has 0 bridgehead atoms. The summed E-state index contributed by atoms with van der Waals surface area (Å²) in [6.45, 7) is 0. The molecule has 0 aliphatic rings. The Bertz CT molecular complexity index is 821. The van der Waals surface area contributed by atoms with Crippen LogP contribution in [0.25, 0.3) is 6.08 Å². The molecule has 0 aliphatic carbocycles. The van der Waals surface area contributed by atoms with E-state index in [4.69, 9.17) is 14.2 Å². The fourth-order valence-corrected chi connectivity index (χ4v) is 2.52. The van der Waals surface area contributed by atoms with Gasteiger partial charge in [-0.15, -0.1) is 0 Å². The number of methoxy groups -OCH3 is 3. The number of alkyl halides is 1. The van der Waals surface area contributed by atoms with Gasteiger partial charge < -0.3 is 19.5 Å². The quantitative estimate of drug-likeness (QED) is 0.387. The van der Waals surface area contributed by atoms with Gasteiger partial charge in [0.1, 0.15) is 0 Å². The number of nitrogens with one attached hydrogen (secondary N) is 1. The molecule has 0 heterocycles. The van der Waals surface area contributed by atoms with E-state index in [1.807, 2.05) is 0 Å². The fourth-order valence-electron chi connectivity index (χ4n) is 2.38. The zero-order valence-electron chi connectivity index (χ0n) is 15.2. The van der Waals surface area contributed by atoms with E-state index < -0.39 is 0 Å². The average molecular weight is 434 g/mol. The number of hydrogen-bond acceptors (Lipinski definition) is 5. The lowest BCUT2D eigenvalue weighted by molar-refractivity contribution is -0.113. The minimum Gasteiger partial charge on any atom is -0.493 e. The van der Waals surface area contributed by atoms with E-state index in [0.29, 0.717) is 28.5 Å². The topological polar surface area (TPSA) is 73.9 Å². The van der Waals surface area contributed by atoms with Crippen LogP contribution in [0.15, 0.2) is 42.5 Å². The van der Waals surface area contributed by atoms with E-state index in [1.54, 1.807) is 42.5 Å². The van der Waals surface area contributed by atoms with E-state index in [-0.39, 0.29) is 17.0 Å². The molecule has 2 aromatic carbocycles. The number of amides is 1. The maximum absolute atomic E-state index is 12.4. The van der Waals surface area contributed by atoms with Gasteiger partial charge >= 0.3 is 0 Å². The molecule has 0 unspecified atom stereocenters. The second kappa shape index (κ2) is 9.78. The largest absolute Gasteiger partial charge is 0.493 e. The van der Waals surface area contributed by atoms with Crippen molar-refractivity contribution in [1.82, 2.24) is 0 Å². The Balaban J connectivity index is 2.17. The molecule has 0 radical (unpaired) electrons. The first kappa shape index (κ1) is 20.5. The van der Waals surface area contributed by atoms with Crippen LogP contribution in [0.4, 0.5) is 5.69 Å². The smallest absolute Gasteiger partial charge is 0.235 e. The molecule has 27 heavy (non-hydrogen) atoms. The lowest BCUT2D eigenvalue weighted by Crippen LogP contribution is -2.12. The first-order valence-corrected chi connectivity index (χ1v) is 9.12. The summed E-state index contributed by atoms with van der Waals surface area (Å²) in [6, 6.07) is 10.2. The van der Waals surface area contributed by atoms with Gasteiger partial charge in [-0.2, -0.15) is 0 Å². The molecule has 0 spiro atoms. The standard InChI is InChI=1S/C20H20BrNO5/c1-25-17-10-13(11-18(26-2)20(17)27-3)4-9-16(23)14-5-7-15(8-6-14)22-19(24)12-21/h4-11H,12H2,1-3H3,(H,22,24)/b9-4+. The summed E-state index contributed by atoms with van der Waals surface area (Å²) >= 11 is 3.08. The molecular weight excluding hydrogens is 414 g/mol. The van der Waals surface area contributed by atoms with Crippen molar-refractivity contribution in [3.05, 3.63) is 53.6 Å². The molecule has 0 saturated heterocycles. The van der Waals surface area contributed by atoms with Crippen LogP contribution in [0.3, 0.4) is 0 Å². The maximum atomic E-state index is 12.4. The van der Waals surface area contributed by atoms with Crippen LogP contribution in [0, 0.1) is 0 Å². The van der Waals surface area contributed by atoms with Gasteiger partial charge in [-0.3, -0.25) is 9.59 Å². The molecule has 1 amide bonds. The zero-order valence-corrected chi connectivity index (χ0v) is 16.8. The molecule has 7 heteroatoms. The Morgan fingerprint density at radius 3 is 2.07 bits per heavy atom. The van der Waals surface area contributed by atoms with Crippen LogP contribution in [0.2, 0.25) is 0 Å². The second-order valence-corrected chi connectivity index (χ2v) is 5.98. The summed E-state index contributed by atoms with van der Waals surface area (Å²) in [7, 11) is 4.60. The summed E-state index contributed by atoms with van der Waals surface area (Å²) in [5.74, 6) is 1.19. The van der Waals surface area contributed by atoms with Gasteiger partial charge in [-0.1, -0.05) is 22.0 Å². The first-order chi connectivity index (χ1) is 13.0. The van der Waals surface area contributed by atoms with Gasteiger partial charge in [0.15, 0.2) is 17.3 Å². The Hall–Kier alpha value is -2.80. The summed E-state index contributed by atoms with van der Waals surface area (Å²) in [4.78, 5) is 23.7. The second-order valence-electron chi connectivity index (χ2n) is 5.42. The maximum Gasteiger partial charge on any atom is 0.235 e. The van der Waals surface area contributed by atoms with Crippen molar-refractivity contribution in [3.63, 3.8) is 0 Å². The lowest BCUT2D eigenvalue weighted by atomic mass is 10.1. The molecule has 142 valence electrons. The van der Waals surface area contributed by atoms with Crippen LogP contribution in [-0.2, 0) is 4.79 Å². The molecule has 0 aromatic heterocycles. The molecule has 2 rings (SSSR count). The van der Waals surface area contributed by atoms with Crippen molar-refractivity contribution < 1.29 is 23.8 Å². The number of hydrogen-bond donors (Lipinski definition) is 1. The summed E-state index contributed by atoms with van der Waals surface area (Å²) in [5, 5.41) is 2.91. The summed E-state index contributed by atoms with van der Waals surface area (Å²) in [6.07, 6.45) is 3.14. The van der Waals surface area contributed by atoms with Crippen molar-refractivity contribution in [2.75, 3.05) is 32.0 Å². The van der Waals surface area contributed by atoms with Gasteiger partial charge in [0.25, 0.3) is 0 Å². The minimum absolute atomic E-state index is 0.156. The van der Waals surface area contributed by atoms with E-state index in [2.05, 4.69) is 21.2 Å². The average Bonchev–Trinajstić information content (AvgIpc) is 2.71. The van der Waals surface area contributed by atoms with Crippen LogP contribution in [-0.4, -0.2) is 38.3 Å². The molecule has 6 nitrogen and oxygen atoms in total. The number of allylic oxidation sites excluding steroid dienone is 1. The number of ketones is 1. The van der Waals surface area contributed by atoms with Crippen molar-refractivity contribution in [1.29, 1.82) is 0 Å². The third-order valence-electron chi connectivity index (χ3n) is 3.69. The van der Waals surface area contributed by atoms with Crippen molar-refractivity contribution in [3.8, 4) is 17.2 Å². The van der Waals surface area contributed by atoms with Gasteiger partial charge in [0, 0.05) is 11.3 Å². The van der Waals surface area contributed by atoms with E-state index in [9.17, 15) is 9.59 Å². The van der Waals surface area contributed by atoms with E-state index >= 15 is 0 Å². The van der Waals surface area contributed by atoms with Crippen LogP contribution in [0.1, 0.15) is 15.9 Å². The number of benzene rings is 2. The zero-order chi connectivity index (χ0) is 19.8. The highest BCUT2D eigenvalue weighted by atomic mass is 79.9. The van der Waals surface area contributed by atoms with Gasteiger partial charge in [0.05, 0.1) is 26.7 Å². The highest BCUT2D eigenvalue weighted by molar-refractivity contribution is 9.09. The Labute approximate surface area is 166 Å². The van der Waals surface area contributed by atoms with Crippen LogP contribution < -0.4 is 19.5 Å². The third-order valence-corrected chi connectivity index (χ3v) is 4.20. The van der Waals surface area contributed by atoms with Crippen molar-refractivity contribution in [2.45, 2.75) is 0 Å². The van der Waals surface area contributed by atoms with Crippen molar-refractivity contribution >= 4 is 39.4 Å². The molecule has 2 aromatic rings. The van der Waals surface area contributed by atoms with Crippen LogP contribution >= 0.6 is 15.9 Å². The lowest BCUT2D eigenvalue weighted by Gasteiger charge is -2.12. The SMILES string of the molecule is COc1cc(/C=C/C(=O)c2ccc(NC(=O)CBr)cc2)cc(OC)c1OC.